The highest BCUT2D eigenvalue weighted by atomic mass is 32.1. The fourth-order valence-electron chi connectivity index (χ4n) is 2.80. The van der Waals surface area contributed by atoms with Gasteiger partial charge in [-0.2, -0.15) is 5.10 Å². The molecule has 0 saturated carbocycles. The molecule has 6 heteroatoms. The standard InChI is InChI=1S/C19H22N4OS/c1-13-17(14(2)23(3)22-13)9-10-18(24)20-11-16-12-25-19(21-16)15-7-5-4-6-8-15/h4-8,12H,9-11H2,1-3H3,(H,20,24). The van der Waals surface area contributed by atoms with Crippen molar-refractivity contribution < 1.29 is 4.79 Å². The monoisotopic (exact) mass is 354 g/mol. The normalized spacial score (nSPS) is 10.8. The highest BCUT2D eigenvalue weighted by Crippen LogP contribution is 2.23. The van der Waals surface area contributed by atoms with Crippen molar-refractivity contribution >= 4 is 17.2 Å². The number of hydrogen-bond donors (Lipinski definition) is 1. The number of carbonyl (C=O) groups is 1. The molecule has 5 nitrogen and oxygen atoms in total. The van der Waals surface area contributed by atoms with Gasteiger partial charge in [-0.3, -0.25) is 9.48 Å². The summed E-state index contributed by atoms with van der Waals surface area (Å²) in [7, 11) is 1.93. The highest BCUT2D eigenvalue weighted by Gasteiger charge is 2.12. The molecule has 130 valence electrons. The van der Waals surface area contributed by atoms with E-state index in [0.29, 0.717) is 19.4 Å². The SMILES string of the molecule is Cc1nn(C)c(C)c1CCC(=O)NCc1csc(-c2ccccc2)n1. The van der Waals surface area contributed by atoms with Crippen LogP contribution in [-0.2, 0) is 24.8 Å². The Morgan fingerprint density at radius 1 is 1.24 bits per heavy atom. The largest absolute Gasteiger partial charge is 0.350 e. The third-order valence-corrected chi connectivity index (χ3v) is 5.24. The van der Waals surface area contributed by atoms with Crippen molar-refractivity contribution in [1.82, 2.24) is 20.1 Å². The summed E-state index contributed by atoms with van der Waals surface area (Å²) >= 11 is 1.60. The lowest BCUT2D eigenvalue weighted by Crippen LogP contribution is -2.23. The molecule has 0 aliphatic heterocycles. The molecule has 0 aliphatic carbocycles. The smallest absolute Gasteiger partial charge is 0.220 e. The van der Waals surface area contributed by atoms with E-state index in [1.54, 1.807) is 11.3 Å². The van der Waals surface area contributed by atoms with Crippen LogP contribution in [0.3, 0.4) is 0 Å². The Morgan fingerprint density at radius 2 is 2.00 bits per heavy atom. The summed E-state index contributed by atoms with van der Waals surface area (Å²) in [5.41, 5.74) is 5.29. The van der Waals surface area contributed by atoms with Crippen LogP contribution in [0.1, 0.15) is 29.1 Å². The number of benzene rings is 1. The molecule has 0 unspecified atom stereocenters. The van der Waals surface area contributed by atoms with Crippen LogP contribution in [0.4, 0.5) is 0 Å². The minimum atomic E-state index is 0.0388. The van der Waals surface area contributed by atoms with Gasteiger partial charge in [-0.15, -0.1) is 11.3 Å². The predicted octanol–water partition coefficient (Wildman–Crippen LogP) is 3.41. The summed E-state index contributed by atoms with van der Waals surface area (Å²) in [5.74, 6) is 0.0388. The van der Waals surface area contributed by atoms with E-state index >= 15 is 0 Å². The van der Waals surface area contributed by atoms with Crippen molar-refractivity contribution in [1.29, 1.82) is 0 Å². The maximum atomic E-state index is 12.1. The second kappa shape index (κ2) is 7.61. The quantitative estimate of drug-likeness (QED) is 0.738. The van der Waals surface area contributed by atoms with Crippen LogP contribution in [-0.4, -0.2) is 20.7 Å². The number of nitrogens with zero attached hydrogens (tertiary/aromatic N) is 3. The second-order valence-electron chi connectivity index (χ2n) is 6.06. The lowest BCUT2D eigenvalue weighted by atomic mass is 10.1. The Labute approximate surface area is 151 Å². The molecule has 1 N–H and O–H groups in total. The first-order chi connectivity index (χ1) is 12.0. The Bertz CT molecular complexity index is 867. The van der Waals surface area contributed by atoms with Gasteiger partial charge in [-0.05, 0) is 25.8 Å². The molecule has 0 fully saturated rings. The molecule has 25 heavy (non-hydrogen) atoms. The van der Waals surface area contributed by atoms with Crippen LogP contribution in [0.15, 0.2) is 35.7 Å². The number of amides is 1. The van der Waals surface area contributed by atoms with Gasteiger partial charge in [0, 0.05) is 30.1 Å². The molecule has 1 aromatic carbocycles. The van der Waals surface area contributed by atoms with E-state index in [1.807, 2.05) is 61.3 Å². The fraction of sp³-hybridized carbons (Fsp3) is 0.316. The zero-order chi connectivity index (χ0) is 17.8. The zero-order valence-corrected chi connectivity index (χ0v) is 15.6. The Morgan fingerprint density at radius 3 is 2.68 bits per heavy atom. The van der Waals surface area contributed by atoms with Gasteiger partial charge >= 0.3 is 0 Å². The van der Waals surface area contributed by atoms with Gasteiger partial charge in [0.05, 0.1) is 17.9 Å². The van der Waals surface area contributed by atoms with Gasteiger partial charge < -0.3 is 5.32 Å². The van der Waals surface area contributed by atoms with Gasteiger partial charge in [-0.25, -0.2) is 4.98 Å². The van der Waals surface area contributed by atoms with Gasteiger partial charge in [0.2, 0.25) is 5.91 Å². The summed E-state index contributed by atoms with van der Waals surface area (Å²) in [6, 6.07) is 10.1. The van der Waals surface area contributed by atoms with Gasteiger partial charge in [0.15, 0.2) is 0 Å². The lowest BCUT2D eigenvalue weighted by molar-refractivity contribution is -0.121. The second-order valence-corrected chi connectivity index (χ2v) is 6.92. The van der Waals surface area contributed by atoms with Crippen LogP contribution < -0.4 is 5.32 Å². The van der Waals surface area contributed by atoms with Crippen molar-refractivity contribution in [3.63, 3.8) is 0 Å². The molecule has 3 rings (SSSR count). The zero-order valence-electron chi connectivity index (χ0n) is 14.7. The lowest BCUT2D eigenvalue weighted by Gasteiger charge is -2.04. The average molecular weight is 354 g/mol. The summed E-state index contributed by atoms with van der Waals surface area (Å²) < 4.78 is 1.86. The van der Waals surface area contributed by atoms with E-state index in [1.165, 1.54) is 0 Å². The molecule has 0 saturated heterocycles. The molecule has 2 heterocycles. The maximum absolute atomic E-state index is 12.1. The van der Waals surface area contributed by atoms with Gasteiger partial charge in [-0.1, -0.05) is 30.3 Å². The van der Waals surface area contributed by atoms with Crippen molar-refractivity contribution in [2.45, 2.75) is 33.2 Å². The first-order valence-electron chi connectivity index (χ1n) is 8.30. The molecular formula is C19H22N4OS. The topological polar surface area (TPSA) is 59.8 Å². The molecular weight excluding hydrogens is 332 g/mol. The number of carbonyl (C=O) groups excluding carboxylic acids is 1. The first kappa shape index (κ1) is 17.4. The molecule has 0 radical (unpaired) electrons. The third kappa shape index (κ3) is 4.14. The van der Waals surface area contributed by atoms with Crippen molar-refractivity contribution in [3.8, 4) is 10.6 Å². The predicted molar refractivity (Wildman–Crippen MR) is 100 cm³/mol. The van der Waals surface area contributed by atoms with Crippen molar-refractivity contribution in [3.05, 3.63) is 58.4 Å². The molecule has 1 amide bonds. The van der Waals surface area contributed by atoms with Gasteiger partial charge in [0.25, 0.3) is 0 Å². The Hall–Kier alpha value is -2.47. The molecule has 0 bridgehead atoms. The maximum Gasteiger partial charge on any atom is 0.220 e. The molecule has 0 aliphatic rings. The molecule has 0 atom stereocenters. The first-order valence-corrected chi connectivity index (χ1v) is 9.18. The van der Waals surface area contributed by atoms with Crippen LogP contribution in [0, 0.1) is 13.8 Å². The summed E-state index contributed by atoms with van der Waals surface area (Å²) in [5, 5.41) is 10.3. The van der Waals surface area contributed by atoms with Crippen molar-refractivity contribution in [2.24, 2.45) is 7.05 Å². The third-order valence-electron chi connectivity index (χ3n) is 4.30. The Kier molecular flexibility index (Phi) is 5.28. The Balaban J connectivity index is 1.52. The minimum Gasteiger partial charge on any atom is -0.350 e. The minimum absolute atomic E-state index is 0.0388. The van der Waals surface area contributed by atoms with Crippen LogP contribution >= 0.6 is 11.3 Å². The van der Waals surface area contributed by atoms with E-state index in [2.05, 4.69) is 15.4 Å². The average Bonchev–Trinajstić information content (AvgIpc) is 3.18. The summed E-state index contributed by atoms with van der Waals surface area (Å²) in [4.78, 5) is 16.7. The van der Waals surface area contributed by atoms with Crippen LogP contribution in [0.2, 0.25) is 0 Å². The summed E-state index contributed by atoms with van der Waals surface area (Å²) in [6.07, 6.45) is 1.17. The van der Waals surface area contributed by atoms with E-state index < -0.39 is 0 Å². The van der Waals surface area contributed by atoms with E-state index in [0.717, 1.165) is 33.2 Å². The van der Waals surface area contributed by atoms with E-state index in [9.17, 15) is 4.79 Å². The molecule has 2 aromatic heterocycles. The number of nitrogens with one attached hydrogen (secondary N) is 1. The number of rotatable bonds is 6. The van der Waals surface area contributed by atoms with Crippen LogP contribution in [0.5, 0.6) is 0 Å². The van der Waals surface area contributed by atoms with Crippen LogP contribution in [0.25, 0.3) is 10.6 Å². The van der Waals surface area contributed by atoms with E-state index in [-0.39, 0.29) is 5.91 Å². The number of aromatic nitrogens is 3. The van der Waals surface area contributed by atoms with Gasteiger partial charge in [0.1, 0.15) is 5.01 Å². The number of hydrogen-bond acceptors (Lipinski definition) is 4. The number of aryl methyl sites for hydroxylation is 2. The fourth-order valence-corrected chi connectivity index (χ4v) is 3.62. The summed E-state index contributed by atoms with van der Waals surface area (Å²) in [6.45, 7) is 4.49. The van der Waals surface area contributed by atoms with E-state index in [4.69, 9.17) is 0 Å². The highest BCUT2D eigenvalue weighted by molar-refractivity contribution is 7.13. The number of thiazole rings is 1. The van der Waals surface area contributed by atoms with Crippen molar-refractivity contribution in [2.75, 3.05) is 0 Å². The molecule has 0 spiro atoms. The molecule has 3 aromatic rings.